The van der Waals surface area contributed by atoms with Gasteiger partial charge in [0.05, 0.1) is 0 Å². The van der Waals surface area contributed by atoms with Gasteiger partial charge in [-0.1, -0.05) is 19.8 Å². The predicted molar refractivity (Wildman–Crippen MR) is 34.6 cm³/mol. The lowest BCUT2D eigenvalue weighted by atomic mass is 9.68. The highest BCUT2D eigenvalue weighted by molar-refractivity contribution is 4.90. The smallest absolute Gasteiger partial charge is 0.0360 e. The molecule has 2 aliphatic carbocycles. The Balaban J connectivity index is 2.02. The van der Waals surface area contributed by atoms with Crippen molar-refractivity contribution in [1.29, 1.82) is 0 Å². The second-order valence-corrected chi connectivity index (χ2v) is 3.57. The highest BCUT2D eigenvalue weighted by Gasteiger charge is 2.40. The van der Waals surface area contributed by atoms with Crippen LogP contribution < -0.4 is 0 Å². The molecule has 0 nitrogen and oxygen atoms in total. The van der Waals surface area contributed by atoms with Crippen LogP contribution in [-0.2, 0) is 0 Å². The third kappa shape index (κ3) is 0.463. The van der Waals surface area contributed by atoms with E-state index in [9.17, 15) is 0 Å². The summed E-state index contributed by atoms with van der Waals surface area (Å²) >= 11 is 0. The van der Waals surface area contributed by atoms with Crippen molar-refractivity contribution in [3.05, 3.63) is 0 Å². The zero-order valence-corrected chi connectivity index (χ0v) is 5.56. The van der Waals surface area contributed by atoms with Crippen molar-refractivity contribution in [2.24, 2.45) is 17.8 Å². The Hall–Kier alpha value is 0. The van der Waals surface area contributed by atoms with Crippen molar-refractivity contribution in [3.63, 3.8) is 0 Å². The van der Waals surface area contributed by atoms with Gasteiger partial charge in [-0.2, -0.15) is 0 Å². The lowest BCUT2D eigenvalue weighted by molar-refractivity contribution is 0.120. The molecule has 8 heavy (non-hydrogen) atoms. The van der Waals surface area contributed by atoms with Crippen LogP contribution in [0.3, 0.4) is 0 Å². The van der Waals surface area contributed by atoms with Crippen LogP contribution in [0.5, 0.6) is 0 Å². The molecular weight excluding hydrogens is 96.1 g/mol. The Bertz CT molecular complexity index is 96.2. The third-order valence-electron chi connectivity index (χ3n) is 3.12. The minimum atomic E-state index is 1.09. The standard InChI is InChI=1S/C8H14/c1-6-5-7-3-2-4-8(6)7/h6-8H,2-5H2,1H3/t6?,7-,8?/m0/s1. The molecule has 3 atom stereocenters. The fourth-order valence-electron chi connectivity index (χ4n) is 2.56. The van der Waals surface area contributed by atoms with Gasteiger partial charge < -0.3 is 0 Å². The number of rotatable bonds is 0. The van der Waals surface area contributed by atoms with Crippen LogP contribution in [-0.4, -0.2) is 0 Å². The predicted octanol–water partition coefficient (Wildman–Crippen LogP) is 2.44. The molecule has 0 heterocycles. The Kier molecular flexibility index (Phi) is 0.902. The zero-order valence-electron chi connectivity index (χ0n) is 5.56. The van der Waals surface area contributed by atoms with Gasteiger partial charge in [0.1, 0.15) is 0 Å². The molecule has 0 aromatic heterocycles. The molecule has 2 unspecified atom stereocenters. The first-order chi connectivity index (χ1) is 3.88. The summed E-state index contributed by atoms with van der Waals surface area (Å²) in [5.74, 6) is 3.42. The van der Waals surface area contributed by atoms with Crippen molar-refractivity contribution < 1.29 is 0 Å². The maximum absolute atomic E-state index is 2.41. The normalized spacial score (nSPS) is 52.9. The number of hydrogen-bond acceptors (Lipinski definition) is 0. The van der Waals surface area contributed by atoms with Crippen molar-refractivity contribution in [1.82, 2.24) is 0 Å². The van der Waals surface area contributed by atoms with Crippen LogP contribution >= 0.6 is 0 Å². The monoisotopic (exact) mass is 110 g/mol. The minimum absolute atomic E-state index is 1.09. The van der Waals surface area contributed by atoms with E-state index in [0.717, 1.165) is 11.8 Å². The fraction of sp³-hybridized carbons (Fsp3) is 1.00. The van der Waals surface area contributed by atoms with Gasteiger partial charge in [0.25, 0.3) is 0 Å². The van der Waals surface area contributed by atoms with Crippen LogP contribution in [0, 0.1) is 17.8 Å². The van der Waals surface area contributed by atoms with Gasteiger partial charge in [0.2, 0.25) is 0 Å². The Morgan fingerprint density at radius 3 is 2.62 bits per heavy atom. The molecular formula is C8H14. The molecule has 0 aromatic rings. The molecule has 0 aliphatic heterocycles. The maximum Gasteiger partial charge on any atom is -0.0360 e. The van der Waals surface area contributed by atoms with E-state index in [1.807, 2.05) is 0 Å². The second kappa shape index (κ2) is 1.49. The molecule has 0 radical (unpaired) electrons. The van der Waals surface area contributed by atoms with Crippen LogP contribution in [0.1, 0.15) is 32.6 Å². The van der Waals surface area contributed by atoms with Crippen LogP contribution in [0.15, 0.2) is 0 Å². The number of hydrogen-bond donors (Lipinski definition) is 0. The van der Waals surface area contributed by atoms with Gasteiger partial charge in [-0.05, 0) is 30.6 Å². The summed E-state index contributed by atoms with van der Waals surface area (Å²) in [6.07, 6.45) is 6.17. The summed E-state index contributed by atoms with van der Waals surface area (Å²) < 4.78 is 0. The highest BCUT2D eigenvalue weighted by Crippen LogP contribution is 2.50. The quantitative estimate of drug-likeness (QED) is 0.449. The lowest BCUT2D eigenvalue weighted by Gasteiger charge is -2.37. The van der Waals surface area contributed by atoms with Crippen LogP contribution in [0.4, 0.5) is 0 Å². The van der Waals surface area contributed by atoms with Crippen molar-refractivity contribution in [2.45, 2.75) is 32.6 Å². The van der Waals surface area contributed by atoms with Gasteiger partial charge in [-0.3, -0.25) is 0 Å². The average Bonchev–Trinajstić information content (AvgIpc) is 2.09. The lowest BCUT2D eigenvalue weighted by Crippen LogP contribution is -2.29. The molecule has 0 N–H and O–H groups in total. The Morgan fingerprint density at radius 2 is 2.12 bits per heavy atom. The molecule has 2 fully saturated rings. The average molecular weight is 110 g/mol. The van der Waals surface area contributed by atoms with Gasteiger partial charge >= 0.3 is 0 Å². The van der Waals surface area contributed by atoms with Crippen LogP contribution in [0.25, 0.3) is 0 Å². The van der Waals surface area contributed by atoms with Crippen LogP contribution in [0.2, 0.25) is 0 Å². The number of fused-ring (bicyclic) bond motifs is 1. The summed E-state index contributed by atoms with van der Waals surface area (Å²) in [6, 6.07) is 0. The highest BCUT2D eigenvalue weighted by atomic mass is 14.5. The Labute approximate surface area is 51.3 Å². The summed E-state index contributed by atoms with van der Waals surface area (Å²) in [5, 5.41) is 0. The Morgan fingerprint density at radius 1 is 1.25 bits per heavy atom. The molecule has 0 saturated heterocycles. The first kappa shape index (κ1) is 4.84. The third-order valence-corrected chi connectivity index (χ3v) is 3.12. The molecule has 2 aliphatic rings. The zero-order chi connectivity index (χ0) is 5.56. The maximum atomic E-state index is 2.41. The van der Waals surface area contributed by atoms with Crippen molar-refractivity contribution in [3.8, 4) is 0 Å². The molecule has 2 saturated carbocycles. The molecule has 2 rings (SSSR count). The molecule has 0 amide bonds. The van der Waals surface area contributed by atoms with Gasteiger partial charge in [0, 0.05) is 0 Å². The SMILES string of the molecule is CC1C[C@@H]2CCCC12. The van der Waals surface area contributed by atoms with E-state index in [4.69, 9.17) is 0 Å². The second-order valence-electron chi connectivity index (χ2n) is 3.57. The first-order valence-electron chi connectivity index (χ1n) is 3.88. The molecule has 0 bridgehead atoms. The van der Waals surface area contributed by atoms with E-state index in [1.54, 1.807) is 19.3 Å². The molecule has 0 spiro atoms. The molecule has 0 heteroatoms. The van der Waals surface area contributed by atoms with E-state index >= 15 is 0 Å². The van der Waals surface area contributed by atoms with Crippen molar-refractivity contribution >= 4 is 0 Å². The topological polar surface area (TPSA) is 0 Å². The molecule has 0 aromatic carbocycles. The minimum Gasteiger partial charge on any atom is -0.0622 e. The summed E-state index contributed by atoms with van der Waals surface area (Å²) in [6.45, 7) is 2.41. The van der Waals surface area contributed by atoms with E-state index in [-0.39, 0.29) is 0 Å². The van der Waals surface area contributed by atoms with E-state index in [0.29, 0.717) is 0 Å². The largest absolute Gasteiger partial charge is 0.0622 e. The summed E-state index contributed by atoms with van der Waals surface area (Å²) in [7, 11) is 0. The van der Waals surface area contributed by atoms with E-state index in [2.05, 4.69) is 6.92 Å². The fourth-order valence-corrected chi connectivity index (χ4v) is 2.56. The summed E-state index contributed by atoms with van der Waals surface area (Å²) in [5.41, 5.74) is 0. The van der Waals surface area contributed by atoms with Gasteiger partial charge in [-0.15, -0.1) is 0 Å². The summed E-state index contributed by atoms with van der Waals surface area (Å²) in [4.78, 5) is 0. The van der Waals surface area contributed by atoms with E-state index in [1.165, 1.54) is 12.3 Å². The first-order valence-corrected chi connectivity index (χ1v) is 3.88. The van der Waals surface area contributed by atoms with E-state index < -0.39 is 0 Å². The van der Waals surface area contributed by atoms with Gasteiger partial charge in [-0.25, -0.2) is 0 Å². The molecule has 46 valence electrons. The van der Waals surface area contributed by atoms with Gasteiger partial charge in [0.15, 0.2) is 0 Å². The van der Waals surface area contributed by atoms with Crippen molar-refractivity contribution in [2.75, 3.05) is 0 Å².